The molecule has 0 fully saturated rings. The Morgan fingerprint density at radius 1 is 0.971 bits per heavy atom. The number of carbonyl (C=O) groups is 2. The summed E-state index contributed by atoms with van der Waals surface area (Å²) in [4.78, 5) is 24.3. The highest BCUT2D eigenvalue weighted by atomic mass is 32.1. The van der Waals surface area contributed by atoms with Crippen molar-refractivity contribution in [1.29, 1.82) is 0 Å². The van der Waals surface area contributed by atoms with Crippen molar-refractivity contribution in [2.75, 3.05) is 6.54 Å². The smallest absolute Gasteiger partial charge is 0.416 e. The van der Waals surface area contributed by atoms with Crippen LogP contribution in [0.15, 0.2) is 60.7 Å². The van der Waals surface area contributed by atoms with Crippen LogP contribution in [0, 0.1) is 5.92 Å². The summed E-state index contributed by atoms with van der Waals surface area (Å²) >= 11 is 1.30. The molecule has 0 aliphatic heterocycles. The Morgan fingerprint density at radius 2 is 1.57 bits per heavy atom. The number of halogens is 3. The van der Waals surface area contributed by atoms with Crippen LogP contribution in [0.25, 0.3) is 11.1 Å². The fraction of sp³-hybridized carbons (Fsp3) is 0.308. The average Bonchev–Trinajstić information content (AvgIpc) is 3.29. The third-order valence-corrected chi connectivity index (χ3v) is 6.33. The summed E-state index contributed by atoms with van der Waals surface area (Å²) < 4.78 is 44.6. The van der Waals surface area contributed by atoms with Gasteiger partial charge in [0.1, 0.15) is 11.9 Å². The second-order valence-electron chi connectivity index (χ2n) is 8.44. The number of carboxylic acids is 1. The number of hydrogen-bond donors (Lipinski definition) is 2. The number of carbonyl (C=O) groups excluding carboxylic acids is 1. The second-order valence-corrected chi connectivity index (χ2v) is 9.55. The van der Waals surface area contributed by atoms with Crippen molar-refractivity contribution in [1.82, 2.24) is 5.32 Å². The number of thiophene rings is 1. The minimum absolute atomic E-state index is 0.0542. The number of rotatable bonds is 10. The fourth-order valence-electron chi connectivity index (χ4n) is 3.41. The minimum Gasteiger partial charge on any atom is -0.485 e. The van der Waals surface area contributed by atoms with Gasteiger partial charge in [0, 0.05) is 11.4 Å². The van der Waals surface area contributed by atoms with Gasteiger partial charge in [0.15, 0.2) is 0 Å². The molecule has 0 saturated heterocycles. The summed E-state index contributed by atoms with van der Waals surface area (Å²) in [6.07, 6.45) is -4.10. The van der Waals surface area contributed by atoms with Gasteiger partial charge in [-0.25, -0.2) is 0 Å². The highest BCUT2D eigenvalue weighted by Crippen LogP contribution is 2.34. The Bertz CT molecular complexity index is 1140. The van der Waals surface area contributed by atoms with Crippen LogP contribution in [0.5, 0.6) is 5.75 Å². The fourth-order valence-corrected chi connectivity index (χ4v) is 4.38. The van der Waals surface area contributed by atoms with E-state index in [-0.39, 0.29) is 25.0 Å². The van der Waals surface area contributed by atoms with Crippen LogP contribution in [0.2, 0.25) is 0 Å². The molecule has 0 aliphatic carbocycles. The number of carboxylic acid groups (broad SMARTS) is 1. The highest BCUT2D eigenvalue weighted by molar-refractivity contribution is 7.14. The Kier molecular flexibility index (Phi) is 8.56. The third kappa shape index (κ3) is 7.58. The Labute approximate surface area is 205 Å². The van der Waals surface area contributed by atoms with E-state index < -0.39 is 17.7 Å². The summed E-state index contributed by atoms with van der Waals surface area (Å²) in [5.74, 6) is -0.382. The molecular formula is C26H26F3NO4S. The minimum atomic E-state index is -4.37. The van der Waals surface area contributed by atoms with E-state index in [9.17, 15) is 22.8 Å². The van der Waals surface area contributed by atoms with Crippen LogP contribution in [-0.4, -0.2) is 23.5 Å². The lowest BCUT2D eigenvalue weighted by molar-refractivity contribution is -0.138. The molecule has 2 aromatic carbocycles. The molecule has 1 heterocycles. The van der Waals surface area contributed by atoms with Crippen LogP contribution in [0.1, 0.15) is 52.9 Å². The van der Waals surface area contributed by atoms with Crippen LogP contribution >= 0.6 is 11.3 Å². The first-order valence-electron chi connectivity index (χ1n) is 11.1. The van der Waals surface area contributed by atoms with Gasteiger partial charge in [-0.1, -0.05) is 38.1 Å². The van der Waals surface area contributed by atoms with Crippen molar-refractivity contribution in [3.8, 4) is 16.9 Å². The van der Waals surface area contributed by atoms with Crippen molar-refractivity contribution < 1.29 is 32.6 Å². The van der Waals surface area contributed by atoms with Crippen LogP contribution in [-0.2, 0) is 11.0 Å². The Hall–Kier alpha value is -3.33. The summed E-state index contributed by atoms with van der Waals surface area (Å²) in [5, 5.41) is 11.3. The molecule has 0 radical (unpaired) electrons. The van der Waals surface area contributed by atoms with Gasteiger partial charge >= 0.3 is 12.1 Å². The number of hydrogen-bond acceptors (Lipinski definition) is 4. The molecule has 3 rings (SSSR count). The van der Waals surface area contributed by atoms with Crippen molar-refractivity contribution in [2.24, 2.45) is 5.92 Å². The number of aliphatic carboxylic acids is 1. The molecule has 35 heavy (non-hydrogen) atoms. The van der Waals surface area contributed by atoms with Crippen molar-refractivity contribution >= 4 is 23.2 Å². The molecule has 1 aromatic heterocycles. The number of alkyl halides is 3. The zero-order valence-corrected chi connectivity index (χ0v) is 20.1. The molecule has 0 spiro atoms. The monoisotopic (exact) mass is 505 g/mol. The van der Waals surface area contributed by atoms with Gasteiger partial charge in [-0.2, -0.15) is 13.2 Å². The maximum atomic E-state index is 12.8. The molecule has 0 aliphatic rings. The van der Waals surface area contributed by atoms with Crippen molar-refractivity contribution in [2.45, 2.75) is 39.0 Å². The number of amides is 1. The van der Waals surface area contributed by atoms with Crippen LogP contribution in [0.3, 0.4) is 0 Å². The number of benzene rings is 2. The van der Waals surface area contributed by atoms with Gasteiger partial charge in [0.2, 0.25) is 0 Å². The first-order valence-corrected chi connectivity index (χ1v) is 11.9. The quantitative estimate of drug-likeness (QED) is 0.318. The van der Waals surface area contributed by atoms with E-state index >= 15 is 0 Å². The van der Waals surface area contributed by atoms with Crippen molar-refractivity contribution in [3.63, 3.8) is 0 Å². The topological polar surface area (TPSA) is 75.6 Å². The van der Waals surface area contributed by atoms with E-state index in [0.29, 0.717) is 28.5 Å². The van der Waals surface area contributed by atoms with E-state index in [2.05, 4.69) is 19.2 Å². The predicted octanol–water partition coefficient (Wildman–Crippen LogP) is 6.80. The van der Waals surface area contributed by atoms with Gasteiger partial charge in [0.05, 0.1) is 16.9 Å². The molecule has 1 atom stereocenters. The second kappa shape index (κ2) is 11.4. The third-order valence-electron chi connectivity index (χ3n) is 5.16. The SMILES string of the molecule is CC(C)C[C@@H](Oc1ccc(-c2ccc(C(F)(F)F)cc2)cc1)c1ccc(C(=O)NCCC(=O)O)s1. The summed E-state index contributed by atoms with van der Waals surface area (Å²) in [6.45, 7) is 4.19. The summed E-state index contributed by atoms with van der Waals surface area (Å²) in [5.41, 5.74) is 0.742. The van der Waals surface area contributed by atoms with E-state index in [1.54, 1.807) is 30.3 Å². The molecule has 0 saturated carbocycles. The largest absolute Gasteiger partial charge is 0.485 e. The van der Waals surface area contributed by atoms with E-state index in [4.69, 9.17) is 9.84 Å². The Balaban J connectivity index is 1.70. The molecular weight excluding hydrogens is 479 g/mol. The predicted molar refractivity (Wildman–Crippen MR) is 129 cm³/mol. The highest BCUT2D eigenvalue weighted by Gasteiger charge is 2.30. The molecule has 9 heteroatoms. The lowest BCUT2D eigenvalue weighted by Crippen LogP contribution is -2.25. The van der Waals surface area contributed by atoms with E-state index in [1.165, 1.54) is 23.5 Å². The van der Waals surface area contributed by atoms with Gasteiger partial charge in [-0.05, 0) is 59.9 Å². The molecule has 3 aromatic rings. The summed E-state index contributed by atoms with van der Waals surface area (Å²) in [6, 6.07) is 15.7. The van der Waals surface area contributed by atoms with Gasteiger partial charge in [-0.15, -0.1) is 11.3 Å². The van der Waals surface area contributed by atoms with E-state index in [1.807, 2.05) is 6.07 Å². The zero-order valence-electron chi connectivity index (χ0n) is 19.3. The first-order chi connectivity index (χ1) is 16.5. The lowest BCUT2D eigenvalue weighted by atomic mass is 10.0. The maximum Gasteiger partial charge on any atom is 0.416 e. The van der Waals surface area contributed by atoms with Gasteiger partial charge in [0.25, 0.3) is 5.91 Å². The molecule has 0 bridgehead atoms. The standard InChI is InChI=1S/C26H26F3NO4S/c1-16(2)15-21(22-11-12-23(35-22)25(33)30-14-13-24(31)32)34-20-9-5-18(6-10-20)17-3-7-19(8-4-17)26(27,28)29/h3-12,16,21H,13-15H2,1-2H3,(H,30,33)(H,31,32)/t21-/m1/s1. The normalized spacial score (nSPS) is 12.4. The molecule has 186 valence electrons. The van der Waals surface area contributed by atoms with Crippen molar-refractivity contribution in [3.05, 3.63) is 76.0 Å². The molecule has 0 unspecified atom stereocenters. The molecule has 5 nitrogen and oxygen atoms in total. The number of ether oxygens (including phenoxy) is 1. The zero-order chi connectivity index (χ0) is 25.6. The van der Waals surface area contributed by atoms with Crippen LogP contribution < -0.4 is 10.1 Å². The maximum absolute atomic E-state index is 12.8. The summed E-state index contributed by atoms with van der Waals surface area (Å²) in [7, 11) is 0. The molecule has 1 amide bonds. The lowest BCUT2D eigenvalue weighted by Gasteiger charge is -2.20. The van der Waals surface area contributed by atoms with Crippen LogP contribution in [0.4, 0.5) is 13.2 Å². The number of nitrogens with one attached hydrogen (secondary N) is 1. The average molecular weight is 506 g/mol. The molecule has 2 N–H and O–H groups in total. The van der Waals surface area contributed by atoms with Gasteiger partial charge in [-0.3, -0.25) is 9.59 Å². The Morgan fingerprint density at radius 3 is 2.11 bits per heavy atom. The van der Waals surface area contributed by atoms with Gasteiger partial charge < -0.3 is 15.2 Å². The first kappa shape index (κ1) is 26.3. The van der Waals surface area contributed by atoms with E-state index in [0.717, 1.165) is 22.6 Å².